The summed E-state index contributed by atoms with van der Waals surface area (Å²) < 4.78 is 0. The Morgan fingerprint density at radius 1 is 1.47 bits per heavy atom. The number of nitrogens with one attached hydrogen (secondary N) is 1. The number of rotatable bonds is 2. The highest BCUT2D eigenvalue weighted by Gasteiger charge is 2.28. The van der Waals surface area contributed by atoms with Crippen molar-refractivity contribution >= 4 is 12.0 Å². The summed E-state index contributed by atoms with van der Waals surface area (Å²) in [5.74, 6) is -0.958. The van der Waals surface area contributed by atoms with E-state index in [9.17, 15) is 9.59 Å². The molecule has 0 radical (unpaired) electrons. The van der Waals surface area contributed by atoms with E-state index in [-0.39, 0.29) is 17.6 Å². The summed E-state index contributed by atoms with van der Waals surface area (Å²) in [6, 6.07) is 6.48. The van der Waals surface area contributed by atoms with Gasteiger partial charge >= 0.3 is 12.0 Å². The molecule has 0 spiro atoms. The molecule has 1 aliphatic heterocycles. The van der Waals surface area contributed by atoms with E-state index in [2.05, 4.69) is 5.32 Å². The minimum Gasteiger partial charge on any atom is -0.478 e. The van der Waals surface area contributed by atoms with Gasteiger partial charge in [0, 0.05) is 13.6 Å². The van der Waals surface area contributed by atoms with Gasteiger partial charge in [-0.25, -0.2) is 9.59 Å². The van der Waals surface area contributed by atoms with E-state index >= 15 is 0 Å². The van der Waals surface area contributed by atoms with Crippen molar-refractivity contribution in [2.75, 3.05) is 13.6 Å². The summed E-state index contributed by atoms with van der Waals surface area (Å²) in [5.41, 5.74) is 0.955. The molecule has 1 aromatic rings. The van der Waals surface area contributed by atoms with Gasteiger partial charge in [0.25, 0.3) is 0 Å². The van der Waals surface area contributed by atoms with Crippen molar-refractivity contribution in [2.45, 2.75) is 12.5 Å². The van der Waals surface area contributed by atoms with Crippen LogP contribution in [0.3, 0.4) is 0 Å². The van der Waals surface area contributed by atoms with Crippen molar-refractivity contribution < 1.29 is 14.7 Å². The smallest absolute Gasteiger partial charge is 0.336 e. The number of carboxylic acids is 1. The maximum atomic E-state index is 11.5. The third-order valence-corrected chi connectivity index (χ3v) is 3.03. The van der Waals surface area contributed by atoms with E-state index < -0.39 is 5.97 Å². The number of aromatic carboxylic acids is 1. The molecule has 1 saturated heterocycles. The molecule has 1 fully saturated rings. The zero-order valence-corrected chi connectivity index (χ0v) is 9.51. The minimum atomic E-state index is -0.958. The Bertz CT molecular complexity index is 459. The first-order chi connectivity index (χ1) is 8.11. The minimum absolute atomic E-state index is 0.165. The molecule has 0 aliphatic carbocycles. The molecule has 2 rings (SSSR count). The maximum Gasteiger partial charge on any atom is 0.336 e. The van der Waals surface area contributed by atoms with E-state index in [1.54, 1.807) is 36.2 Å². The van der Waals surface area contributed by atoms with E-state index in [1.165, 1.54) is 0 Å². The lowest BCUT2D eigenvalue weighted by atomic mass is 9.96. The normalized spacial score (nSPS) is 19.9. The van der Waals surface area contributed by atoms with Gasteiger partial charge in [-0.15, -0.1) is 0 Å². The zero-order chi connectivity index (χ0) is 12.4. The van der Waals surface area contributed by atoms with Gasteiger partial charge in [-0.3, -0.25) is 0 Å². The van der Waals surface area contributed by atoms with Crippen molar-refractivity contribution in [1.82, 2.24) is 10.2 Å². The summed E-state index contributed by atoms with van der Waals surface area (Å²) in [6.07, 6.45) is 0.715. The van der Waals surface area contributed by atoms with Crippen LogP contribution in [0, 0.1) is 0 Å². The number of carbonyl (C=O) groups is 2. The van der Waals surface area contributed by atoms with Crippen LogP contribution in [0.5, 0.6) is 0 Å². The maximum absolute atomic E-state index is 11.5. The predicted octanol–water partition coefficient (Wildman–Crippen LogP) is 1.47. The van der Waals surface area contributed by atoms with Gasteiger partial charge in [-0.2, -0.15) is 0 Å². The average Bonchev–Trinajstić information content (AvgIpc) is 2.33. The molecule has 1 heterocycles. The highest BCUT2D eigenvalue weighted by molar-refractivity contribution is 5.90. The van der Waals surface area contributed by atoms with Crippen LogP contribution < -0.4 is 5.32 Å². The van der Waals surface area contributed by atoms with E-state index in [4.69, 9.17) is 5.11 Å². The molecular weight excluding hydrogens is 220 g/mol. The molecule has 0 bridgehead atoms. The number of hydrogen-bond donors (Lipinski definition) is 2. The number of carboxylic acid groups (broad SMARTS) is 1. The fourth-order valence-electron chi connectivity index (χ4n) is 2.12. The van der Waals surface area contributed by atoms with E-state index in [0.29, 0.717) is 18.5 Å². The molecule has 5 nitrogen and oxygen atoms in total. The van der Waals surface area contributed by atoms with Crippen LogP contribution in [-0.2, 0) is 0 Å². The first-order valence-electron chi connectivity index (χ1n) is 5.44. The molecule has 1 atom stereocenters. The number of hydrogen-bond acceptors (Lipinski definition) is 2. The predicted molar refractivity (Wildman–Crippen MR) is 61.9 cm³/mol. The van der Waals surface area contributed by atoms with Gasteiger partial charge < -0.3 is 15.3 Å². The van der Waals surface area contributed by atoms with Crippen LogP contribution in [0.4, 0.5) is 4.79 Å². The van der Waals surface area contributed by atoms with Gasteiger partial charge in [-0.05, 0) is 18.1 Å². The first-order valence-corrected chi connectivity index (χ1v) is 5.44. The Hall–Kier alpha value is -2.04. The Morgan fingerprint density at radius 2 is 2.18 bits per heavy atom. The molecule has 1 aromatic carbocycles. The van der Waals surface area contributed by atoms with Gasteiger partial charge in [-0.1, -0.05) is 18.2 Å². The van der Waals surface area contributed by atoms with Gasteiger partial charge in [0.05, 0.1) is 11.6 Å². The van der Waals surface area contributed by atoms with Crippen LogP contribution in [0.2, 0.25) is 0 Å². The second-order valence-electron chi connectivity index (χ2n) is 4.04. The third kappa shape index (κ3) is 2.08. The molecular formula is C12H14N2O3. The zero-order valence-electron chi connectivity index (χ0n) is 9.51. The summed E-state index contributed by atoms with van der Waals surface area (Å²) in [5, 5.41) is 11.8. The molecule has 5 heteroatoms. The largest absolute Gasteiger partial charge is 0.478 e. The Morgan fingerprint density at radius 3 is 2.88 bits per heavy atom. The van der Waals surface area contributed by atoms with Crippen LogP contribution in [0.15, 0.2) is 24.3 Å². The summed E-state index contributed by atoms with van der Waals surface area (Å²) in [7, 11) is 1.68. The summed E-state index contributed by atoms with van der Waals surface area (Å²) in [6.45, 7) is 0.571. The number of amides is 2. The number of nitrogens with zero attached hydrogens (tertiary/aromatic N) is 1. The summed E-state index contributed by atoms with van der Waals surface area (Å²) >= 11 is 0. The Kier molecular flexibility index (Phi) is 2.99. The fraction of sp³-hybridized carbons (Fsp3) is 0.333. The van der Waals surface area contributed by atoms with Crippen molar-refractivity contribution in [3.05, 3.63) is 35.4 Å². The van der Waals surface area contributed by atoms with Crippen LogP contribution in [0.1, 0.15) is 28.4 Å². The van der Waals surface area contributed by atoms with Gasteiger partial charge in [0.15, 0.2) is 0 Å². The van der Waals surface area contributed by atoms with Gasteiger partial charge in [0.1, 0.15) is 0 Å². The van der Waals surface area contributed by atoms with Crippen LogP contribution in [0.25, 0.3) is 0 Å². The lowest BCUT2D eigenvalue weighted by molar-refractivity contribution is 0.0692. The van der Waals surface area contributed by atoms with Gasteiger partial charge in [0.2, 0.25) is 0 Å². The lowest BCUT2D eigenvalue weighted by Crippen LogP contribution is -2.46. The van der Waals surface area contributed by atoms with Crippen molar-refractivity contribution in [3.8, 4) is 0 Å². The number of urea groups is 1. The second-order valence-corrected chi connectivity index (χ2v) is 4.04. The highest BCUT2D eigenvalue weighted by atomic mass is 16.4. The molecule has 90 valence electrons. The monoisotopic (exact) mass is 234 g/mol. The Balaban J connectivity index is 2.39. The van der Waals surface area contributed by atoms with E-state index in [1.807, 2.05) is 0 Å². The average molecular weight is 234 g/mol. The highest BCUT2D eigenvalue weighted by Crippen LogP contribution is 2.28. The summed E-state index contributed by atoms with van der Waals surface area (Å²) in [4.78, 5) is 24.2. The SMILES string of the molecule is CN1C(=O)NCCC1c1ccccc1C(=O)O. The number of carbonyl (C=O) groups excluding carboxylic acids is 1. The lowest BCUT2D eigenvalue weighted by Gasteiger charge is -2.33. The molecule has 1 unspecified atom stereocenters. The molecule has 0 aromatic heterocycles. The van der Waals surface area contributed by atoms with Crippen molar-refractivity contribution in [2.24, 2.45) is 0 Å². The standard InChI is InChI=1S/C12H14N2O3/c1-14-10(6-7-13-12(14)17)8-4-2-3-5-9(8)11(15)16/h2-5,10H,6-7H2,1H3,(H,13,17)(H,15,16). The molecule has 2 N–H and O–H groups in total. The van der Waals surface area contributed by atoms with Crippen LogP contribution >= 0.6 is 0 Å². The second kappa shape index (κ2) is 4.45. The van der Waals surface area contributed by atoms with Crippen LogP contribution in [-0.4, -0.2) is 35.6 Å². The molecule has 2 amide bonds. The Labute approximate surface area is 99.0 Å². The van der Waals surface area contributed by atoms with Crippen molar-refractivity contribution in [3.63, 3.8) is 0 Å². The van der Waals surface area contributed by atoms with Crippen molar-refractivity contribution in [1.29, 1.82) is 0 Å². The van der Waals surface area contributed by atoms with E-state index in [0.717, 1.165) is 0 Å². The quantitative estimate of drug-likeness (QED) is 0.814. The molecule has 17 heavy (non-hydrogen) atoms. The third-order valence-electron chi connectivity index (χ3n) is 3.03. The molecule has 0 saturated carbocycles. The first kappa shape index (κ1) is 11.4. The topological polar surface area (TPSA) is 69.6 Å². The number of benzene rings is 1. The molecule has 1 aliphatic rings. The fourth-order valence-corrected chi connectivity index (χ4v) is 2.12.